The van der Waals surface area contributed by atoms with E-state index in [9.17, 15) is 57.5 Å². The number of nitrogen functional groups attached to an aromatic ring is 2. The zero-order valence-corrected chi connectivity index (χ0v) is 97.5. The summed E-state index contributed by atoms with van der Waals surface area (Å²) < 4.78 is 26.4. The number of ketones is 1. The Labute approximate surface area is 925 Å². The minimum atomic E-state index is -0.774. The second kappa shape index (κ2) is 63.8. The van der Waals surface area contributed by atoms with E-state index < -0.39 is 82.3 Å². The first kappa shape index (κ1) is 129. The molecule has 5 saturated heterocycles. The second-order valence-electron chi connectivity index (χ2n) is 41.6. The number of aromatic nitrogens is 3. The van der Waals surface area contributed by atoms with Crippen molar-refractivity contribution in [2.75, 3.05) is 79.1 Å². The zero-order valence-electron chi connectivity index (χ0n) is 91.0. The molecule has 5 aliphatic rings. The van der Waals surface area contributed by atoms with Crippen molar-refractivity contribution in [1.82, 2.24) is 45.2 Å². The summed E-state index contributed by atoms with van der Waals surface area (Å²) in [7, 11) is 1.24. The number of carbonyl (C=O) groups excluding carboxylic acids is 12. The van der Waals surface area contributed by atoms with E-state index in [-0.39, 0.29) is 54.6 Å². The molecule has 10 N–H and O–H groups in total. The van der Waals surface area contributed by atoms with Crippen LogP contribution in [0, 0.1) is 63.2 Å². The van der Waals surface area contributed by atoms with Crippen molar-refractivity contribution in [3.63, 3.8) is 0 Å². The Morgan fingerprint density at radius 3 is 1.28 bits per heavy atom. The average molecular weight is 2230 g/mol. The Morgan fingerprint density at radius 1 is 0.497 bits per heavy atom. The molecular weight excluding hydrogens is 2070 g/mol. The van der Waals surface area contributed by atoms with E-state index in [4.69, 9.17) is 30.4 Å². The van der Waals surface area contributed by atoms with Gasteiger partial charge in [-0.25, -0.2) is 43.8 Å². The van der Waals surface area contributed by atoms with Crippen LogP contribution in [0.15, 0.2) is 142 Å². The number of aryl methyl sites for hydroxylation is 3. The number of imide groups is 1. The summed E-state index contributed by atoms with van der Waals surface area (Å²) in [6.45, 7) is 49.3. The molecule has 10 amide bonds. The van der Waals surface area contributed by atoms with Crippen molar-refractivity contribution in [3.05, 3.63) is 194 Å². The molecule has 0 aromatic carbocycles. The van der Waals surface area contributed by atoms with Crippen LogP contribution in [0.2, 0.25) is 0 Å². The maximum absolute atomic E-state index is 13.0. The normalized spacial score (nSPS) is 18.5. The standard InChI is InChI=1S/C23H30N4O4S.C18H22N4O2S.C15H23NO3S.C13H17NO3S.C11H17N3O2.C11H19NO3.C10H15NS.C4H3BrS.C4H9.Li/c1-14-6-7-18(16-8-9-32-13-16)27(12-14)21(29)20(28)25-17-10-15(2)19(24-11-17)26-22(30)31-23(3,4)5;1-11-3-4-15(13-5-6-25-10-13)22(9-11)18(24)17(23)21-14-7-12(2)16(19)20-8-14;1-11(9-16-14(18)19-15(2,3)4)5-6-13(17)12-7-8-20-10-12;1-9-3-4-11(10-5-6-18-8-10)14(7-9)12(15)13(16)17-2;1-7-5-8(12)6-13-9(7)14-10(15)16-11(2,3)4;1-8-5-6-9(13)12(7-8)10(14)15-11(2,3)4;1-8-2-3-10(11-6-8)9-4-5-12-7-9;5-4-1-2-6-3-4;1-3-4-2;/h8-11,13-14,18H,6-7,12H2,1-5H3,(H,25,28)(H,24,26,30);5-8,10-11,15H,3-4,9H2,1-2H3,(H2,19,20)(H,21,23);7-8,10-11H,5-6,9H2,1-4H3,(H,16,18);5-6,8-9,11H,3-4,7H2,1-2H3;5-6H,12H2,1-4H3,(H,13,14,15);8H,5-7H2,1-4H3;4-5,7-8,10-11H,2-3,6H2,1H3;1-3H;1,3-4H2,2H3;/q;;;;;;;;-1;+1/t;11-,15+;;;;;;;;/m.0......../s1. The number of pyridine rings is 3. The SMILES string of the molecule is Brc1ccsc1.CC(CCC(=O)c1ccsc1)CNC(=O)OC(C)(C)C.CC1CCC(=O)N(C(=O)OC(C)(C)C)C1.CC1CCC(c2ccsc2)NC1.COC(=O)C(=O)N1CC(C)CCC1c1ccsc1.Cc1cc(N)cnc1NC(=O)OC(C)(C)C.Cc1cc(NC(=O)C(=O)N2CC(C)CCC2c2ccsc2)cnc1NC(=O)OC(C)(C)C.Cc1cc(NC(=O)C(=O)N2C[C@@H](C)CC[C@@H]2c2ccsc2)cnc1N.[CH2-]CCC.[Li+]. The van der Waals surface area contributed by atoms with E-state index >= 15 is 0 Å². The van der Waals surface area contributed by atoms with Gasteiger partial charge in [-0.05, 0) is 373 Å². The van der Waals surface area contributed by atoms with Gasteiger partial charge in [0.15, 0.2) is 5.78 Å². The topological polar surface area (TPSA) is 427 Å². The van der Waals surface area contributed by atoms with Crippen molar-refractivity contribution in [1.29, 1.82) is 0 Å². The second-order valence-corrected chi connectivity index (χ2v) is 47.2. The van der Waals surface area contributed by atoms with E-state index in [1.807, 2.05) is 126 Å². The number of rotatable bonds is 15. The zero-order chi connectivity index (χ0) is 110. The summed E-state index contributed by atoms with van der Waals surface area (Å²) in [5.74, 6) is 0.153. The van der Waals surface area contributed by atoms with Crippen LogP contribution >= 0.6 is 84.0 Å². The molecule has 32 nitrogen and oxygen atoms in total. The van der Waals surface area contributed by atoms with Crippen LogP contribution in [0.4, 0.5) is 53.7 Å². The number of alkyl carbamates (subject to hydrolysis) is 1. The number of thiophene rings is 6. The Hall–Kier alpha value is -10.5. The van der Waals surface area contributed by atoms with E-state index in [2.05, 4.69) is 126 Å². The molecule has 812 valence electrons. The van der Waals surface area contributed by atoms with Gasteiger partial charge in [-0.15, -0.1) is 0 Å². The van der Waals surface area contributed by atoms with Gasteiger partial charge in [0, 0.05) is 72.4 Å². The molecule has 14 rings (SSSR count). The Kier molecular flexibility index (Phi) is 55.2. The first-order chi connectivity index (χ1) is 69.6. The number of nitrogens with two attached hydrogens (primary N) is 2. The molecule has 0 saturated carbocycles. The number of ether oxygens (including phenoxy) is 5. The molecule has 0 radical (unpaired) electrons. The third-order valence-corrected chi connectivity index (χ3v) is 28.2. The largest absolute Gasteiger partial charge is 1.00 e. The van der Waals surface area contributed by atoms with Crippen molar-refractivity contribution in [3.8, 4) is 0 Å². The number of hydrogen-bond acceptors (Lipinski definition) is 29. The van der Waals surface area contributed by atoms with Crippen molar-refractivity contribution in [2.45, 2.75) is 289 Å². The number of methoxy groups -OCH3 is 1. The summed E-state index contributed by atoms with van der Waals surface area (Å²) in [5, 5.41) is 41.1. The molecular formula is C109H155BrLiN15O17S6. The number of anilines is 6. The number of nitrogens with one attached hydrogen (secondary N) is 6. The van der Waals surface area contributed by atoms with Crippen LogP contribution in [0.5, 0.6) is 0 Å². The van der Waals surface area contributed by atoms with E-state index in [0.29, 0.717) is 115 Å². The van der Waals surface area contributed by atoms with Crippen LogP contribution in [0.1, 0.15) is 295 Å². The first-order valence-electron chi connectivity index (χ1n) is 50.0. The van der Waals surface area contributed by atoms with Crippen LogP contribution < -0.4 is 62.2 Å². The summed E-state index contributed by atoms with van der Waals surface area (Å²) >= 11 is 13.1. The molecule has 9 aromatic rings. The predicted octanol–water partition coefficient (Wildman–Crippen LogP) is 22.2. The Bertz CT molecular complexity index is 5610. The molecule has 0 bridgehead atoms. The van der Waals surface area contributed by atoms with Crippen LogP contribution in [0.25, 0.3) is 0 Å². The summed E-state index contributed by atoms with van der Waals surface area (Å²) in [6, 6.07) is 17.8. The maximum Gasteiger partial charge on any atom is 1.00 e. The number of likely N-dealkylation sites (tertiary alicyclic amines) is 4. The Morgan fingerprint density at radius 2 is 0.899 bits per heavy atom. The summed E-state index contributed by atoms with van der Waals surface area (Å²) in [6.07, 6.45) is 15.6. The van der Waals surface area contributed by atoms with Gasteiger partial charge in [0.25, 0.3) is 0 Å². The molecule has 149 heavy (non-hydrogen) atoms. The number of Topliss-reactive ketones (excluding diaryl/α,β-unsaturated/α-hetero) is 1. The fraction of sp³-hybridized carbons (Fsp3) is 0.523. The number of carbonyl (C=O) groups is 12. The van der Waals surface area contributed by atoms with Gasteiger partial charge in [-0.1, -0.05) is 54.9 Å². The number of esters is 1. The van der Waals surface area contributed by atoms with Gasteiger partial charge in [-0.2, -0.15) is 74.4 Å². The molecule has 5 aliphatic heterocycles. The van der Waals surface area contributed by atoms with Gasteiger partial charge in [0.05, 0.1) is 60.9 Å². The third-order valence-electron chi connectivity index (χ3n) is 23.2. The van der Waals surface area contributed by atoms with Crippen LogP contribution in [0.3, 0.4) is 0 Å². The fourth-order valence-electron chi connectivity index (χ4n) is 15.5. The van der Waals surface area contributed by atoms with Gasteiger partial charge in [-0.3, -0.25) is 44.2 Å². The van der Waals surface area contributed by atoms with Crippen molar-refractivity contribution in [2.24, 2.45) is 35.5 Å². The quantitative estimate of drug-likeness (QED) is 0.0118. The monoisotopic (exact) mass is 2220 g/mol. The van der Waals surface area contributed by atoms with Crippen molar-refractivity contribution < 1.29 is 100 Å². The predicted molar refractivity (Wildman–Crippen MR) is 600 cm³/mol. The Balaban J connectivity index is 0.000000306. The van der Waals surface area contributed by atoms with E-state index in [1.54, 1.807) is 166 Å². The fourth-order valence-corrected chi connectivity index (χ4v) is 20.1. The minimum Gasteiger partial charge on any atom is -0.462 e. The smallest absolute Gasteiger partial charge is 0.462 e. The number of halogens is 1. The number of hydrogen-bond donors (Lipinski definition) is 8. The number of piperidine rings is 5. The molecule has 14 heterocycles. The van der Waals surface area contributed by atoms with Crippen molar-refractivity contribution >= 4 is 190 Å². The summed E-state index contributed by atoms with van der Waals surface area (Å²) in [5.41, 5.74) is 18.2. The summed E-state index contributed by atoms with van der Waals surface area (Å²) in [4.78, 5) is 163. The molecule has 8 unspecified atom stereocenters. The molecule has 0 aliphatic carbocycles. The molecule has 40 heteroatoms. The average Bonchev–Trinajstić information content (AvgIpc) is 1.80. The van der Waals surface area contributed by atoms with Gasteiger partial charge >= 0.3 is 78.7 Å². The van der Waals surface area contributed by atoms with Gasteiger partial charge in [0.1, 0.15) is 39.9 Å². The molecule has 5 fully saturated rings. The van der Waals surface area contributed by atoms with Crippen LogP contribution in [-0.4, -0.2) is 175 Å². The first-order valence-corrected chi connectivity index (χ1v) is 56.5. The van der Waals surface area contributed by atoms with Gasteiger partial charge in [0.2, 0.25) is 5.91 Å². The number of nitrogens with zero attached hydrogens (tertiary/aromatic N) is 7. The van der Waals surface area contributed by atoms with Gasteiger partial charge < -0.3 is 78.0 Å². The number of amides is 10. The van der Waals surface area contributed by atoms with Crippen LogP contribution in [-0.2, 0) is 57.2 Å². The molecule has 10 atom stereocenters. The van der Waals surface area contributed by atoms with E-state index in [0.717, 1.165) is 97.1 Å². The molecule has 9 aromatic heterocycles. The third kappa shape index (κ3) is 47.9. The molecule has 0 spiro atoms. The minimum absolute atomic E-state index is 0. The maximum atomic E-state index is 13.0. The number of unbranched alkanes of at least 4 members (excludes halogenated alkanes) is 1. The van der Waals surface area contributed by atoms with E-state index in [1.165, 1.54) is 77.8 Å².